The van der Waals surface area contributed by atoms with Gasteiger partial charge in [0.05, 0.1) is 5.56 Å². The number of phenols is 1. The van der Waals surface area contributed by atoms with Crippen LogP contribution in [-0.2, 0) is 4.79 Å². The summed E-state index contributed by atoms with van der Waals surface area (Å²) in [6, 6.07) is 16.7. The van der Waals surface area contributed by atoms with E-state index in [-0.39, 0.29) is 11.5 Å². The summed E-state index contributed by atoms with van der Waals surface area (Å²) in [6.07, 6.45) is 4.28. The zero-order valence-electron chi connectivity index (χ0n) is 26.1. The number of rotatable bonds is 12. The molecule has 7 heteroatoms. The Morgan fingerprint density at radius 3 is 1.77 bits per heavy atom. The Labute approximate surface area is 255 Å². The Balaban J connectivity index is 1.62. The van der Waals surface area contributed by atoms with E-state index < -0.39 is 12.1 Å². The first-order valence-corrected chi connectivity index (χ1v) is 15.2. The second-order valence-electron chi connectivity index (χ2n) is 11.6. The fourth-order valence-corrected chi connectivity index (χ4v) is 5.37. The predicted molar refractivity (Wildman–Crippen MR) is 171 cm³/mol. The summed E-state index contributed by atoms with van der Waals surface area (Å²) in [6.45, 7) is 12.4. The summed E-state index contributed by atoms with van der Waals surface area (Å²) < 4.78 is 5.43. The molecule has 43 heavy (non-hydrogen) atoms. The molecule has 0 aliphatic carbocycles. The molecule has 0 bridgehead atoms. The summed E-state index contributed by atoms with van der Waals surface area (Å²) in [5, 5.41) is 21.5. The van der Waals surface area contributed by atoms with Crippen LogP contribution in [0.15, 0.2) is 54.6 Å². The van der Waals surface area contributed by atoms with E-state index in [0.717, 1.165) is 65.5 Å². The zero-order valence-corrected chi connectivity index (χ0v) is 26.1. The largest absolute Gasteiger partial charge is 0.507 e. The highest BCUT2D eigenvalue weighted by atomic mass is 16.5. The molecule has 0 aliphatic heterocycles. The van der Waals surface area contributed by atoms with Crippen molar-refractivity contribution in [2.24, 2.45) is 5.92 Å². The monoisotopic (exact) mass is 581 g/mol. The summed E-state index contributed by atoms with van der Waals surface area (Å²) in [5.74, 6) is 1.05. The van der Waals surface area contributed by atoms with Crippen LogP contribution < -0.4 is 4.74 Å². The molecule has 1 heterocycles. The maximum absolute atomic E-state index is 12.6. The Morgan fingerprint density at radius 2 is 1.28 bits per heavy atom. The highest BCUT2D eigenvalue weighted by Crippen LogP contribution is 2.34. The van der Waals surface area contributed by atoms with E-state index in [4.69, 9.17) is 19.7 Å². The number of unbranched alkanes of at least 4 members (excludes halogenated alkanes) is 1. The van der Waals surface area contributed by atoms with Crippen LogP contribution in [0.4, 0.5) is 0 Å². The van der Waals surface area contributed by atoms with Crippen molar-refractivity contribution in [2.75, 3.05) is 0 Å². The van der Waals surface area contributed by atoms with Crippen molar-refractivity contribution in [2.45, 2.75) is 86.2 Å². The fourth-order valence-electron chi connectivity index (χ4n) is 5.37. The molecule has 7 nitrogen and oxygen atoms in total. The molecule has 0 fully saturated rings. The number of ether oxygens (including phenoxy) is 1. The lowest BCUT2D eigenvalue weighted by molar-refractivity contribution is -0.144. The minimum absolute atomic E-state index is 0.140. The number of aromatic hydroxyl groups is 1. The van der Waals surface area contributed by atoms with E-state index in [0.29, 0.717) is 35.4 Å². The molecule has 4 rings (SSSR count). The highest BCUT2D eigenvalue weighted by Gasteiger charge is 2.21. The second-order valence-corrected chi connectivity index (χ2v) is 11.6. The van der Waals surface area contributed by atoms with E-state index in [1.54, 1.807) is 12.1 Å². The third-order valence-corrected chi connectivity index (χ3v) is 7.97. The van der Waals surface area contributed by atoms with Gasteiger partial charge in [0.15, 0.2) is 23.6 Å². The number of aryl methyl sites for hydroxylation is 4. The average molecular weight is 582 g/mol. The summed E-state index contributed by atoms with van der Waals surface area (Å²) >= 11 is 0. The van der Waals surface area contributed by atoms with E-state index in [1.807, 2.05) is 52.0 Å². The first-order valence-electron chi connectivity index (χ1n) is 15.2. The van der Waals surface area contributed by atoms with Gasteiger partial charge in [0.1, 0.15) is 11.5 Å². The molecule has 226 valence electrons. The number of esters is 1. The Kier molecular flexibility index (Phi) is 10.6. The number of aliphatic hydroxyl groups is 1. The number of phenolic OH excluding ortho intramolecular Hbond substituents is 1. The molecule has 2 N–H and O–H groups in total. The van der Waals surface area contributed by atoms with Crippen molar-refractivity contribution in [1.82, 2.24) is 15.0 Å². The number of hydrogen-bond donors (Lipinski definition) is 2. The lowest BCUT2D eigenvalue weighted by Crippen LogP contribution is -2.26. The molecule has 1 aromatic heterocycles. The minimum Gasteiger partial charge on any atom is -0.507 e. The molecule has 0 saturated carbocycles. The Hall–Kier alpha value is -4.10. The number of nitrogens with zero attached hydrogens (tertiary/aromatic N) is 3. The maximum atomic E-state index is 12.6. The van der Waals surface area contributed by atoms with Crippen LogP contribution in [-0.4, -0.2) is 37.2 Å². The topological polar surface area (TPSA) is 105 Å². The van der Waals surface area contributed by atoms with Crippen molar-refractivity contribution in [3.05, 3.63) is 76.9 Å². The number of carbonyl (C=O) groups excluding carboxylic acids is 1. The summed E-state index contributed by atoms with van der Waals surface area (Å²) in [5.41, 5.74) is 6.47. The molecule has 0 aliphatic rings. The molecule has 0 spiro atoms. The van der Waals surface area contributed by atoms with Crippen molar-refractivity contribution in [3.63, 3.8) is 0 Å². The van der Waals surface area contributed by atoms with E-state index in [9.17, 15) is 15.0 Å². The molecule has 3 aromatic carbocycles. The third-order valence-electron chi connectivity index (χ3n) is 7.97. The van der Waals surface area contributed by atoms with Gasteiger partial charge in [0.2, 0.25) is 0 Å². The Bertz CT molecular complexity index is 1510. The molecule has 0 saturated heterocycles. The SMILES string of the molecule is CCCCC(CC)CCC(O)C(=O)Oc1ccc(-c2nc(-c3ccc(C)cc3C)nc(-c3ccc(C)cc3C)n2)c(O)c1. The van der Waals surface area contributed by atoms with Gasteiger partial charge in [-0.25, -0.2) is 19.7 Å². The van der Waals surface area contributed by atoms with Gasteiger partial charge in [-0.15, -0.1) is 0 Å². The lowest BCUT2D eigenvalue weighted by atomic mass is 9.93. The van der Waals surface area contributed by atoms with Gasteiger partial charge < -0.3 is 14.9 Å². The number of aliphatic hydroxyl groups excluding tert-OH is 1. The van der Waals surface area contributed by atoms with Crippen LogP contribution in [0.1, 0.15) is 74.6 Å². The quantitative estimate of drug-likeness (QED) is 0.129. The highest BCUT2D eigenvalue weighted by molar-refractivity contribution is 5.78. The maximum Gasteiger partial charge on any atom is 0.340 e. The van der Waals surface area contributed by atoms with Crippen molar-refractivity contribution in [1.29, 1.82) is 0 Å². The van der Waals surface area contributed by atoms with Crippen molar-refractivity contribution in [3.8, 4) is 45.7 Å². The lowest BCUT2D eigenvalue weighted by Gasteiger charge is -2.16. The predicted octanol–water partition coefficient (Wildman–Crippen LogP) is 8.07. The van der Waals surface area contributed by atoms with Gasteiger partial charge in [-0.05, 0) is 69.7 Å². The van der Waals surface area contributed by atoms with Crippen LogP contribution in [0.3, 0.4) is 0 Å². The van der Waals surface area contributed by atoms with Gasteiger partial charge in [-0.3, -0.25) is 0 Å². The molecule has 0 amide bonds. The molecule has 2 unspecified atom stereocenters. The molecule has 2 atom stereocenters. The first-order chi connectivity index (χ1) is 20.6. The Morgan fingerprint density at radius 1 is 0.744 bits per heavy atom. The average Bonchev–Trinajstić information content (AvgIpc) is 2.97. The first kappa shape index (κ1) is 31.8. The number of aromatic nitrogens is 3. The number of carbonyl (C=O) groups is 1. The minimum atomic E-state index is -1.22. The smallest absolute Gasteiger partial charge is 0.340 e. The van der Waals surface area contributed by atoms with E-state index >= 15 is 0 Å². The van der Waals surface area contributed by atoms with Gasteiger partial charge >= 0.3 is 5.97 Å². The van der Waals surface area contributed by atoms with Gasteiger partial charge in [0.25, 0.3) is 0 Å². The molecule has 4 aromatic rings. The third kappa shape index (κ3) is 8.05. The van der Waals surface area contributed by atoms with Crippen molar-refractivity contribution >= 4 is 5.97 Å². The summed E-state index contributed by atoms with van der Waals surface area (Å²) in [4.78, 5) is 27.0. The van der Waals surface area contributed by atoms with Crippen LogP contribution in [0.25, 0.3) is 34.2 Å². The van der Waals surface area contributed by atoms with Gasteiger partial charge in [-0.1, -0.05) is 87.1 Å². The van der Waals surface area contributed by atoms with E-state index in [1.165, 1.54) is 6.07 Å². The number of hydrogen-bond acceptors (Lipinski definition) is 7. The van der Waals surface area contributed by atoms with Crippen LogP contribution in [0.5, 0.6) is 11.5 Å². The van der Waals surface area contributed by atoms with Crippen LogP contribution in [0.2, 0.25) is 0 Å². The second kappa shape index (κ2) is 14.4. The summed E-state index contributed by atoms with van der Waals surface area (Å²) in [7, 11) is 0. The molecule has 0 radical (unpaired) electrons. The molecular weight excluding hydrogens is 538 g/mol. The standard InChI is InChI=1S/C36H43N3O4/c1-7-9-10-26(8-2)13-18-31(40)36(42)43-27-14-17-30(32(41)21-27)35-38-33(28-15-11-22(3)19-24(28)5)37-34(39-35)29-16-12-23(4)20-25(29)6/h11-12,14-17,19-21,26,31,40-41H,7-10,13,18H2,1-6H3. The van der Waals surface area contributed by atoms with E-state index in [2.05, 4.69) is 26.0 Å². The zero-order chi connectivity index (χ0) is 31.1. The number of benzene rings is 3. The fraction of sp³-hybridized carbons (Fsp3) is 0.389. The van der Waals surface area contributed by atoms with Gasteiger partial charge in [0, 0.05) is 17.2 Å². The van der Waals surface area contributed by atoms with Gasteiger partial charge in [-0.2, -0.15) is 0 Å². The molecular formula is C36H43N3O4. The van der Waals surface area contributed by atoms with Crippen molar-refractivity contribution < 1.29 is 19.7 Å². The normalized spacial score (nSPS) is 12.6. The van der Waals surface area contributed by atoms with Crippen LogP contribution >= 0.6 is 0 Å². The van der Waals surface area contributed by atoms with Crippen LogP contribution in [0, 0.1) is 33.6 Å².